The van der Waals surface area contributed by atoms with Gasteiger partial charge in [0.1, 0.15) is 5.75 Å². The van der Waals surface area contributed by atoms with E-state index in [0.29, 0.717) is 30.2 Å². The van der Waals surface area contributed by atoms with Crippen molar-refractivity contribution in [3.8, 4) is 5.75 Å². The minimum Gasteiger partial charge on any atom is -0.497 e. The summed E-state index contributed by atoms with van der Waals surface area (Å²) < 4.78 is 15.8. The van der Waals surface area contributed by atoms with Crippen LogP contribution in [0.1, 0.15) is 11.9 Å². The lowest BCUT2D eigenvalue weighted by molar-refractivity contribution is -0.0436. The van der Waals surface area contributed by atoms with Crippen LogP contribution in [0.2, 0.25) is 0 Å². The summed E-state index contributed by atoms with van der Waals surface area (Å²) in [5.41, 5.74) is 1.05. The third-order valence-corrected chi connectivity index (χ3v) is 2.38. The van der Waals surface area contributed by atoms with Crippen molar-refractivity contribution in [3.63, 3.8) is 0 Å². The van der Waals surface area contributed by atoms with E-state index >= 15 is 0 Å². The number of rotatable bonds is 3. The molecule has 6 heteroatoms. The average molecular weight is 239 g/mol. The van der Waals surface area contributed by atoms with Crippen molar-refractivity contribution in [2.24, 2.45) is 0 Å². The largest absolute Gasteiger partial charge is 0.497 e. The number of hydrogen-bond donors (Lipinski definition) is 2. The Labute approximate surface area is 98.1 Å². The van der Waals surface area contributed by atoms with Crippen LogP contribution in [0.25, 0.3) is 0 Å². The van der Waals surface area contributed by atoms with E-state index in [-0.39, 0.29) is 0 Å². The van der Waals surface area contributed by atoms with Gasteiger partial charge in [-0.05, 0) is 18.2 Å². The van der Waals surface area contributed by atoms with Crippen LogP contribution in [0.3, 0.4) is 0 Å². The Morgan fingerprint density at radius 1 is 1.47 bits per heavy atom. The lowest BCUT2D eigenvalue weighted by Gasteiger charge is -2.15. The van der Waals surface area contributed by atoms with E-state index in [9.17, 15) is 4.79 Å². The Balaban J connectivity index is 2.32. The molecule has 2 N–H and O–H groups in total. The van der Waals surface area contributed by atoms with Crippen LogP contribution >= 0.6 is 0 Å². The minimum absolute atomic E-state index is 0.435. The highest BCUT2D eigenvalue weighted by molar-refractivity contribution is 5.84. The highest BCUT2D eigenvalue weighted by Gasteiger charge is 2.22. The van der Waals surface area contributed by atoms with Crippen LogP contribution in [0.4, 0.5) is 10.5 Å². The number of nitrogens with one attached hydrogen (secondary N) is 1. The summed E-state index contributed by atoms with van der Waals surface area (Å²) in [6, 6.07) is 4.98. The lowest BCUT2D eigenvalue weighted by atomic mass is 10.1. The van der Waals surface area contributed by atoms with Crippen molar-refractivity contribution in [1.29, 1.82) is 0 Å². The van der Waals surface area contributed by atoms with Crippen LogP contribution in [-0.2, 0) is 9.47 Å². The van der Waals surface area contributed by atoms with E-state index < -0.39 is 12.4 Å². The van der Waals surface area contributed by atoms with Gasteiger partial charge < -0.3 is 19.3 Å². The van der Waals surface area contributed by atoms with Gasteiger partial charge in [-0.25, -0.2) is 4.79 Å². The van der Waals surface area contributed by atoms with Crippen molar-refractivity contribution < 1.29 is 24.1 Å². The molecular weight excluding hydrogens is 226 g/mol. The Bertz CT molecular complexity index is 414. The summed E-state index contributed by atoms with van der Waals surface area (Å²) in [6.07, 6.45) is -1.68. The number of amides is 1. The molecule has 1 aliphatic heterocycles. The molecule has 1 aliphatic rings. The first-order valence-electron chi connectivity index (χ1n) is 5.12. The molecular formula is C11H13NO5. The van der Waals surface area contributed by atoms with Crippen molar-refractivity contribution in [1.82, 2.24) is 0 Å². The first-order valence-corrected chi connectivity index (χ1v) is 5.12. The topological polar surface area (TPSA) is 77.0 Å². The SMILES string of the molecule is COc1ccc(NC(=O)O)c(C2OCCO2)c1. The molecule has 2 rings (SSSR count). The minimum atomic E-state index is -1.13. The molecule has 0 unspecified atom stereocenters. The predicted molar refractivity (Wildman–Crippen MR) is 59.3 cm³/mol. The van der Waals surface area contributed by atoms with Crippen molar-refractivity contribution in [2.45, 2.75) is 6.29 Å². The zero-order valence-corrected chi connectivity index (χ0v) is 9.30. The summed E-state index contributed by atoms with van der Waals surface area (Å²) >= 11 is 0. The second-order valence-electron chi connectivity index (χ2n) is 3.46. The van der Waals surface area contributed by atoms with Gasteiger partial charge in [0.2, 0.25) is 0 Å². The third-order valence-electron chi connectivity index (χ3n) is 2.38. The number of hydrogen-bond acceptors (Lipinski definition) is 4. The van der Waals surface area contributed by atoms with Crippen molar-refractivity contribution in [2.75, 3.05) is 25.6 Å². The fourth-order valence-electron chi connectivity index (χ4n) is 1.63. The van der Waals surface area contributed by atoms with Gasteiger partial charge in [-0.3, -0.25) is 5.32 Å². The van der Waals surface area contributed by atoms with Gasteiger partial charge in [0, 0.05) is 5.56 Å². The summed E-state index contributed by atoms with van der Waals surface area (Å²) in [5, 5.41) is 11.0. The van der Waals surface area contributed by atoms with Gasteiger partial charge in [0.25, 0.3) is 0 Å². The number of methoxy groups -OCH3 is 1. The predicted octanol–water partition coefficient (Wildman–Crippen LogP) is 1.83. The first kappa shape index (κ1) is 11.7. The van der Waals surface area contributed by atoms with Crippen molar-refractivity contribution >= 4 is 11.8 Å². The van der Waals surface area contributed by atoms with Crippen LogP contribution in [-0.4, -0.2) is 31.5 Å². The van der Waals surface area contributed by atoms with E-state index in [1.807, 2.05) is 0 Å². The summed E-state index contributed by atoms with van der Waals surface area (Å²) in [6.45, 7) is 0.989. The highest BCUT2D eigenvalue weighted by atomic mass is 16.7. The monoisotopic (exact) mass is 239 g/mol. The maximum absolute atomic E-state index is 10.7. The molecule has 1 aromatic carbocycles. The van der Waals surface area contributed by atoms with E-state index in [1.54, 1.807) is 25.3 Å². The average Bonchev–Trinajstić information content (AvgIpc) is 2.82. The molecule has 0 atom stereocenters. The normalized spacial score (nSPS) is 15.8. The van der Waals surface area contributed by atoms with Crippen LogP contribution < -0.4 is 10.1 Å². The Morgan fingerprint density at radius 2 is 2.18 bits per heavy atom. The Kier molecular flexibility index (Phi) is 3.46. The molecule has 0 aromatic heterocycles. The molecule has 1 saturated heterocycles. The quantitative estimate of drug-likeness (QED) is 0.841. The molecule has 1 heterocycles. The number of carbonyl (C=O) groups is 1. The molecule has 0 spiro atoms. The summed E-state index contributed by atoms with van der Waals surface area (Å²) in [7, 11) is 1.54. The molecule has 0 aliphatic carbocycles. The van der Waals surface area contributed by atoms with Gasteiger partial charge >= 0.3 is 6.09 Å². The lowest BCUT2D eigenvalue weighted by Crippen LogP contribution is -2.11. The zero-order valence-electron chi connectivity index (χ0n) is 9.30. The molecule has 92 valence electrons. The molecule has 1 fully saturated rings. The first-order chi connectivity index (χ1) is 8.20. The standard InChI is InChI=1S/C11H13NO5/c1-15-7-2-3-9(12-11(13)14)8(6-7)10-16-4-5-17-10/h2-3,6,10,12H,4-5H2,1H3,(H,13,14). The van der Waals surface area contributed by atoms with Crippen molar-refractivity contribution in [3.05, 3.63) is 23.8 Å². The number of ether oxygens (including phenoxy) is 3. The number of anilines is 1. The van der Waals surface area contributed by atoms with Gasteiger partial charge in [0.05, 0.1) is 26.0 Å². The smallest absolute Gasteiger partial charge is 0.409 e. The van der Waals surface area contributed by atoms with Gasteiger partial charge in [0.15, 0.2) is 6.29 Å². The van der Waals surface area contributed by atoms with E-state index in [1.165, 1.54) is 0 Å². The molecule has 1 amide bonds. The summed E-state index contributed by atoms with van der Waals surface area (Å²) in [4.78, 5) is 10.7. The fourth-order valence-corrected chi connectivity index (χ4v) is 1.63. The van der Waals surface area contributed by atoms with Crippen LogP contribution in [0.15, 0.2) is 18.2 Å². The van der Waals surface area contributed by atoms with Gasteiger partial charge in [-0.15, -0.1) is 0 Å². The van der Waals surface area contributed by atoms with Crippen LogP contribution in [0, 0.1) is 0 Å². The highest BCUT2D eigenvalue weighted by Crippen LogP contribution is 2.32. The van der Waals surface area contributed by atoms with E-state index in [2.05, 4.69) is 5.32 Å². The Hall–Kier alpha value is -1.79. The van der Waals surface area contributed by atoms with Gasteiger partial charge in [-0.2, -0.15) is 0 Å². The fraction of sp³-hybridized carbons (Fsp3) is 0.364. The number of benzene rings is 1. The molecule has 0 radical (unpaired) electrons. The maximum atomic E-state index is 10.7. The van der Waals surface area contributed by atoms with E-state index in [4.69, 9.17) is 19.3 Å². The third kappa shape index (κ3) is 2.66. The van der Waals surface area contributed by atoms with E-state index in [0.717, 1.165) is 0 Å². The summed E-state index contributed by atoms with van der Waals surface area (Å²) in [5.74, 6) is 0.620. The second kappa shape index (κ2) is 5.03. The molecule has 6 nitrogen and oxygen atoms in total. The molecule has 17 heavy (non-hydrogen) atoms. The Morgan fingerprint density at radius 3 is 2.76 bits per heavy atom. The molecule has 0 saturated carbocycles. The molecule has 1 aromatic rings. The number of carboxylic acid groups (broad SMARTS) is 1. The molecule has 0 bridgehead atoms. The van der Waals surface area contributed by atoms with Crippen LogP contribution in [0.5, 0.6) is 5.75 Å². The maximum Gasteiger partial charge on any atom is 0.409 e. The van der Waals surface area contributed by atoms with Gasteiger partial charge in [-0.1, -0.05) is 0 Å². The second-order valence-corrected chi connectivity index (χ2v) is 3.46. The zero-order chi connectivity index (χ0) is 12.3.